The van der Waals surface area contributed by atoms with Crippen LogP contribution in [0.25, 0.3) is 11.1 Å². The number of carbonyl (C=O) groups excluding carboxylic acids is 2. The SMILES string of the molecule is CC1C(=O)Nc2cccc(NC(=O)[C@@H](N)C(C)C)c2-c2ccc(F)cc21. The van der Waals surface area contributed by atoms with Crippen LogP contribution in [0.5, 0.6) is 0 Å². The number of fused-ring (bicyclic) bond motifs is 3. The minimum atomic E-state index is -0.655. The van der Waals surface area contributed by atoms with E-state index in [9.17, 15) is 14.0 Å². The second kappa shape index (κ2) is 6.88. The van der Waals surface area contributed by atoms with Crippen molar-refractivity contribution >= 4 is 23.2 Å². The molecule has 26 heavy (non-hydrogen) atoms. The van der Waals surface area contributed by atoms with Crippen molar-refractivity contribution in [2.24, 2.45) is 11.7 Å². The first-order chi connectivity index (χ1) is 12.3. The van der Waals surface area contributed by atoms with Gasteiger partial charge in [0.2, 0.25) is 11.8 Å². The molecule has 6 heteroatoms. The van der Waals surface area contributed by atoms with E-state index >= 15 is 0 Å². The van der Waals surface area contributed by atoms with Crippen LogP contribution in [0.1, 0.15) is 32.3 Å². The van der Waals surface area contributed by atoms with E-state index in [0.717, 1.165) is 0 Å². The largest absolute Gasteiger partial charge is 0.325 e. The van der Waals surface area contributed by atoms with Gasteiger partial charge >= 0.3 is 0 Å². The van der Waals surface area contributed by atoms with E-state index in [1.54, 1.807) is 31.2 Å². The van der Waals surface area contributed by atoms with Crippen molar-refractivity contribution in [1.82, 2.24) is 0 Å². The first-order valence-electron chi connectivity index (χ1n) is 8.59. The molecule has 2 amide bonds. The molecule has 0 bridgehead atoms. The molecule has 1 aliphatic heterocycles. The number of nitrogens with two attached hydrogens (primary N) is 1. The van der Waals surface area contributed by atoms with Crippen molar-refractivity contribution in [3.8, 4) is 11.1 Å². The van der Waals surface area contributed by atoms with Gasteiger partial charge in [-0.1, -0.05) is 26.0 Å². The summed E-state index contributed by atoms with van der Waals surface area (Å²) in [6.45, 7) is 5.47. The molecule has 136 valence electrons. The molecule has 0 fully saturated rings. The molecule has 1 aliphatic rings. The predicted molar refractivity (Wildman–Crippen MR) is 100 cm³/mol. The molecule has 0 saturated heterocycles. The molecule has 0 saturated carbocycles. The Balaban J connectivity index is 2.15. The zero-order valence-electron chi connectivity index (χ0n) is 15.0. The van der Waals surface area contributed by atoms with Crippen molar-refractivity contribution in [3.05, 3.63) is 47.8 Å². The molecule has 0 spiro atoms. The summed E-state index contributed by atoms with van der Waals surface area (Å²) in [7, 11) is 0. The number of nitrogens with one attached hydrogen (secondary N) is 2. The minimum Gasteiger partial charge on any atom is -0.325 e. The molecule has 2 aromatic rings. The van der Waals surface area contributed by atoms with Crippen molar-refractivity contribution in [2.75, 3.05) is 10.6 Å². The Hall–Kier alpha value is -2.73. The summed E-state index contributed by atoms with van der Waals surface area (Å²) in [4.78, 5) is 24.9. The third-order valence-electron chi connectivity index (χ3n) is 4.74. The molecule has 0 radical (unpaired) electrons. The maximum Gasteiger partial charge on any atom is 0.241 e. The van der Waals surface area contributed by atoms with Gasteiger partial charge in [-0.15, -0.1) is 0 Å². The van der Waals surface area contributed by atoms with Crippen LogP contribution in [0.4, 0.5) is 15.8 Å². The van der Waals surface area contributed by atoms with Crippen LogP contribution in [0.3, 0.4) is 0 Å². The molecule has 0 aliphatic carbocycles. The van der Waals surface area contributed by atoms with Crippen molar-refractivity contribution < 1.29 is 14.0 Å². The van der Waals surface area contributed by atoms with Crippen LogP contribution in [0, 0.1) is 11.7 Å². The van der Waals surface area contributed by atoms with Gasteiger partial charge in [-0.25, -0.2) is 4.39 Å². The molecule has 2 atom stereocenters. The number of anilines is 2. The van der Waals surface area contributed by atoms with Crippen molar-refractivity contribution in [1.29, 1.82) is 0 Å². The average Bonchev–Trinajstić information content (AvgIpc) is 2.70. The topological polar surface area (TPSA) is 84.2 Å². The quantitative estimate of drug-likeness (QED) is 0.788. The summed E-state index contributed by atoms with van der Waals surface area (Å²) < 4.78 is 13.8. The third-order valence-corrected chi connectivity index (χ3v) is 4.74. The highest BCUT2D eigenvalue weighted by atomic mass is 19.1. The lowest BCUT2D eigenvalue weighted by molar-refractivity contribution is -0.118. The average molecular weight is 355 g/mol. The van der Waals surface area contributed by atoms with E-state index in [2.05, 4.69) is 10.6 Å². The fourth-order valence-electron chi connectivity index (χ4n) is 3.07. The zero-order valence-corrected chi connectivity index (χ0v) is 15.0. The van der Waals surface area contributed by atoms with E-state index in [1.165, 1.54) is 12.1 Å². The summed E-state index contributed by atoms with van der Waals surface area (Å²) in [6.07, 6.45) is 0. The van der Waals surface area contributed by atoms with Gasteiger partial charge < -0.3 is 16.4 Å². The second-order valence-electron chi connectivity index (χ2n) is 6.93. The fraction of sp³-hybridized carbons (Fsp3) is 0.300. The lowest BCUT2D eigenvalue weighted by atomic mass is 9.91. The maximum atomic E-state index is 13.8. The number of benzene rings is 2. The van der Waals surface area contributed by atoms with Crippen LogP contribution in [0.2, 0.25) is 0 Å². The molecule has 1 unspecified atom stereocenters. The van der Waals surface area contributed by atoms with E-state index in [4.69, 9.17) is 5.73 Å². The number of hydrogen-bond acceptors (Lipinski definition) is 3. The summed E-state index contributed by atoms with van der Waals surface area (Å²) in [5.41, 5.74) is 8.99. The Bertz CT molecular complexity index is 879. The number of halogens is 1. The molecule has 2 aromatic carbocycles. The van der Waals surface area contributed by atoms with Gasteiger partial charge in [0.25, 0.3) is 0 Å². The van der Waals surface area contributed by atoms with E-state index < -0.39 is 17.8 Å². The number of hydrogen-bond donors (Lipinski definition) is 3. The van der Waals surface area contributed by atoms with Crippen LogP contribution < -0.4 is 16.4 Å². The van der Waals surface area contributed by atoms with Crippen LogP contribution >= 0.6 is 0 Å². The standard InChI is InChI=1S/C20H22FN3O2/c1-10(2)18(22)20(26)24-16-6-4-5-15-17(16)13-8-7-12(21)9-14(13)11(3)19(25)23-15/h4-11,18H,22H2,1-3H3,(H,23,25)(H,24,26)/t11?,18-/m0/s1. The van der Waals surface area contributed by atoms with Crippen molar-refractivity contribution in [3.63, 3.8) is 0 Å². The van der Waals surface area contributed by atoms with Gasteiger partial charge in [-0.2, -0.15) is 0 Å². The molecule has 3 rings (SSSR count). The summed E-state index contributed by atoms with van der Waals surface area (Å²) in [5.74, 6) is -1.47. The second-order valence-corrected chi connectivity index (χ2v) is 6.93. The van der Waals surface area contributed by atoms with E-state index in [0.29, 0.717) is 28.1 Å². The Morgan fingerprint density at radius 2 is 2.00 bits per heavy atom. The molecule has 5 nitrogen and oxygen atoms in total. The van der Waals surface area contributed by atoms with Crippen LogP contribution in [-0.2, 0) is 9.59 Å². The molecule has 4 N–H and O–H groups in total. The number of amides is 2. The van der Waals surface area contributed by atoms with Gasteiger partial charge in [-0.05, 0) is 48.2 Å². The lowest BCUT2D eigenvalue weighted by Gasteiger charge is -2.19. The number of rotatable bonds is 3. The zero-order chi connectivity index (χ0) is 19.0. The highest BCUT2D eigenvalue weighted by Crippen LogP contribution is 2.42. The smallest absolute Gasteiger partial charge is 0.241 e. The van der Waals surface area contributed by atoms with Gasteiger partial charge in [0.15, 0.2) is 0 Å². The van der Waals surface area contributed by atoms with Gasteiger partial charge in [0.05, 0.1) is 23.3 Å². The third kappa shape index (κ3) is 3.20. The summed E-state index contributed by atoms with van der Waals surface area (Å²) >= 11 is 0. The van der Waals surface area contributed by atoms with Crippen LogP contribution in [0.15, 0.2) is 36.4 Å². The highest BCUT2D eigenvalue weighted by molar-refractivity contribution is 6.08. The fourth-order valence-corrected chi connectivity index (χ4v) is 3.07. The van der Waals surface area contributed by atoms with Gasteiger partial charge in [0.1, 0.15) is 5.82 Å². The summed E-state index contributed by atoms with van der Waals surface area (Å²) in [5, 5.41) is 5.72. The molecule has 0 aromatic heterocycles. The van der Waals surface area contributed by atoms with E-state index in [-0.39, 0.29) is 17.7 Å². The Labute approximate surface area is 151 Å². The monoisotopic (exact) mass is 355 g/mol. The molecular formula is C20H22FN3O2. The minimum absolute atomic E-state index is 0.0153. The van der Waals surface area contributed by atoms with E-state index in [1.807, 2.05) is 13.8 Å². The lowest BCUT2D eigenvalue weighted by Crippen LogP contribution is -2.39. The number of carbonyl (C=O) groups is 2. The van der Waals surface area contributed by atoms with Gasteiger partial charge in [-0.3, -0.25) is 9.59 Å². The van der Waals surface area contributed by atoms with Crippen LogP contribution in [-0.4, -0.2) is 17.9 Å². The van der Waals surface area contributed by atoms with Gasteiger partial charge in [0, 0.05) is 5.56 Å². The predicted octanol–water partition coefficient (Wildman–Crippen LogP) is 3.47. The van der Waals surface area contributed by atoms with Crippen molar-refractivity contribution in [2.45, 2.75) is 32.7 Å². The molecular weight excluding hydrogens is 333 g/mol. The normalized spacial score (nSPS) is 17.0. The first-order valence-corrected chi connectivity index (χ1v) is 8.59. The Kier molecular flexibility index (Phi) is 4.78. The maximum absolute atomic E-state index is 13.8. The summed E-state index contributed by atoms with van der Waals surface area (Å²) in [6, 6.07) is 8.96. The Morgan fingerprint density at radius 3 is 2.69 bits per heavy atom. The molecule has 1 heterocycles. The highest BCUT2D eigenvalue weighted by Gasteiger charge is 2.28. The Morgan fingerprint density at radius 1 is 1.27 bits per heavy atom. The first kappa shape index (κ1) is 18.1.